The lowest BCUT2D eigenvalue weighted by molar-refractivity contribution is 0.0279. The molecule has 18 heavy (non-hydrogen) atoms. The Balaban J connectivity index is 1.96. The minimum absolute atomic E-state index is 0.0486. The van der Waals surface area contributed by atoms with Crippen molar-refractivity contribution in [2.75, 3.05) is 13.1 Å². The summed E-state index contributed by atoms with van der Waals surface area (Å²) in [5.74, 6) is 0.779. The standard InChI is InChI=1S/C12H20N4O2/c1-12(2,3)18-11(17)16-6-8-4-5-10(14-15-13)9(8)7-16/h8-10H,4-7H2,1-3H3/t8-,9+,10+/m0/s1. The minimum atomic E-state index is -0.459. The molecular weight excluding hydrogens is 232 g/mol. The van der Waals surface area contributed by atoms with Crippen LogP contribution in [0.3, 0.4) is 0 Å². The number of ether oxygens (including phenoxy) is 1. The van der Waals surface area contributed by atoms with Gasteiger partial charge in [0, 0.05) is 24.0 Å². The molecule has 0 N–H and O–H groups in total. The van der Waals surface area contributed by atoms with E-state index >= 15 is 0 Å². The van der Waals surface area contributed by atoms with Crippen LogP contribution in [-0.4, -0.2) is 35.7 Å². The SMILES string of the molecule is CC(C)(C)OC(=O)N1C[C@@H]2CC[C@@H](N=[N+]=[N-])[C@@H]2C1. The van der Waals surface area contributed by atoms with Gasteiger partial charge in [0.25, 0.3) is 0 Å². The average molecular weight is 252 g/mol. The van der Waals surface area contributed by atoms with Gasteiger partial charge in [0.1, 0.15) is 5.60 Å². The summed E-state index contributed by atoms with van der Waals surface area (Å²) in [6, 6.07) is 0.0486. The Morgan fingerprint density at radius 1 is 1.39 bits per heavy atom. The number of carbonyl (C=O) groups is 1. The van der Waals surface area contributed by atoms with Crippen molar-refractivity contribution < 1.29 is 9.53 Å². The number of likely N-dealkylation sites (tertiary alicyclic amines) is 1. The van der Waals surface area contributed by atoms with Crippen molar-refractivity contribution in [2.45, 2.75) is 45.3 Å². The highest BCUT2D eigenvalue weighted by molar-refractivity contribution is 5.68. The number of rotatable bonds is 1. The van der Waals surface area contributed by atoms with E-state index in [2.05, 4.69) is 10.0 Å². The Hall–Kier alpha value is -1.42. The first-order chi connectivity index (χ1) is 8.40. The molecule has 0 spiro atoms. The molecule has 1 aliphatic heterocycles. The van der Waals surface area contributed by atoms with Crippen LogP contribution in [0.1, 0.15) is 33.6 Å². The highest BCUT2D eigenvalue weighted by atomic mass is 16.6. The zero-order valence-corrected chi connectivity index (χ0v) is 11.2. The van der Waals surface area contributed by atoms with Crippen LogP contribution in [0.15, 0.2) is 5.11 Å². The van der Waals surface area contributed by atoms with Crippen molar-refractivity contribution in [1.29, 1.82) is 0 Å². The lowest BCUT2D eigenvalue weighted by Gasteiger charge is -2.25. The van der Waals surface area contributed by atoms with E-state index in [4.69, 9.17) is 10.3 Å². The molecule has 0 aromatic carbocycles. The summed E-state index contributed by atoms with van der Waals surface area (Å²) in [6.07, 6.45) is 1.73. The first kappa shape index (κ1) is 13.0. The molecular formula is C12H20N4O2. The third-order valence-corrected chi connectivity index (χ3v) is 3.67. The van der Waals surface area contributed by atoms with Crippen molar-refractivity contribution in [2.24, 2.45) is 17.0 Å². The van der Waals surface area contributed by atoms with Gasteiger partial charge in [-0.15, -0.1) is 0 Å². The Labute approximate surface area is 107 Å². The van der Waals surface area contributed by atoms with Crippen LogP contribution in [0.25, 0.3) is 10.4 Å². The van der Waals surface area contributed by atoms with Crippen LogP contribution < -0.4 is 0 Å². The van der Waals surface area contributed by atoms with Crippen LogP contribution in [0.5, 0.6) is 0 Å². The van der Waals surface area contributed by atoms with Gasteiger partial charge in [-0.25, -0.2) is 4.79 Å². The third kappa shape index (κ3) is 2.70. The summed E-state index contributed by atoms with van der Waals surface area (Å²) >= 11 is 0. The van der Waals surface area contributed by atoms with Crippen LogP contribution >= 0.6 is 0 Å². The van der Waals surface area contributed by atoms with E-state index in [1.165, 1.54) is 0 Å². The predicted octanol–water partition coefficient (Wildman–Crippen LogP) is 2.94. The van der Waals surface area contributed by atoms with E-state index < -0.39 is 5.60 Å². The largest absolute Gasteiger partial charge is 0.444 e. The molecule has 1 saturated carbocycles. The number of fused-ring (bicyclic) bond motifs is 1. The molecule has 1 heterocycles. The molecule has 1 amide bonds. The summed E-state index contributed by atoms with van der Waals surface area (Å²) in [4.78, 5) is 16.6. The van der Waals surface area contributed by atoms with Gasteiger partial charge in [0.05, 0.1) is 0 Å². The molecule has 0 bridgehead atoms. The number of azide groups is 1. The average Bonchev–Trinajstić information content (AvgIpc) is 2.77. The molecule has 6 heteroatoms. The van der Waals surface area contributed by atoms with Crippen LogP contribution in [0, 0.1) is 11.8 Å². The van der Waals surface area contributed by atoms with Gasteiger partial charge in [-0.05, 0) is 51.0 Å². The van der Waals surface area contributed by atoms with Crippen molar-refractivity contribution in [1.82, 2.24) is 4.90 Å². The normalized spacial score (nSPS) is 30.8. The third-order valence-electron chi connectivity index (χ3n) is 3.67. The van der Waals surface area contributed by atoms with Gasteiger partial charge in [0.15, 0.2) is 0 Å². The van der Waals surface area contributed by atoms with E-state index in [0.717, 1.165) is 19.4 Å². The van der Waals surface area contributed by atoms with E-state index in [-0.39, 0.29) is 12.1 Å². The van der Waals surface area contributed by atoms with E-state index in [9.17, 15) is 4.79 Å². The number of carbonyl (C=O) groups excluding carboxylic acids is 1. The zero-order valence-electron chi connectivity index (χ0n) is 11.2. The second-order valence-corrected chi connectivity index (χ2v) is 6.16. The first-order valence-corrected chi connectivity index (χ1v) is 6.43. The van der Waals surface area contributed by atoms with Crippen LogP contribution in [0.2, 0.25) is 0 Å². The summed E-state index contributed by atoms with van der Waals surface area (Å²) in [6.45, 7) is 6.99. The topological polar surface area (TPSA) is 78.3 Å². The molecule has 2 aliphatic rings. The smallest absolute Gasteiger partial charge is 0.410 e. The van der Waals surface area contributed by atoms with Gasteiger partial charge < -0.3 is 9.64 Å². The Morgan fingerprint density at radius 2 is 2.11 bits per heavy atom. The fraction of sp³-hybridized carbons (Fsp3) is 0.917. The van der Waals surface area contributed by atoms with Crippen LogP contribution in [0.4, 0.5) is 4.79 Å². The lowest BCUT2D eigenvalue weighted by Crippen LogP contribution is -2.36. The van der Waals surface area contributed by atoms with Gasteiger partial charge in [-0.3, -0.25) is 0 Å². The molecule has 2 fully saturated rings. The molecule has 100 valence electrons. The Bertz CT molecular complexity index is 384. The van der Waals surface area contributed by atoms with Crippen LogP contribution in [-0.2, 0) is 4.74 Å². The zero-order chi connectivity index (χ0) is 13.3. The van der Waals surface area contributed by atoms with Gasteiger partial charge in [0.2, 0.25) is 0 Å². The number of hydrogen-bond donors (Lipinski definition) is 0. The van der Waals surface area contributed by atoms with Crippen molar-refractivity contribution >= 4 is 6.09 Å². The maximum absolute atomic E-state index is 12.0. The summed E-state index contributed by atoms with van der Waals surface area (Å²) in [7, 11) is 0. The maximum Gasteiger partial charge on any atom is 0.410 e. The second-order valence-electron chi connectivity index (χ2n) is 6.16. The summed E-state index contributed by atoms with van der Waals surface area (Å²) in [5.41, 5.74) is 8.07. The quantitative estimate of drug-likeness (QED) is 0.408. The summed E-state index contributed by atoms with van der Waals surface area (Å²) in [5, 5.41) is 3.84. The molecule has 1 aliphatic carbocycles. The fourth-order valence-electron chi connectivity index (χ4n) is 2.92. The van der Waals surface area contributed by atoms with Crippen molar-refractivity contribution in [3.8, 4) is 0 Å². The molecule has 0 radical (unpaired) electrons. The molecule has 0 aromatic heterocycles. The van der Waals surface area contributed by atoms with Gasteiger partial charge in [-0.2, -0.15) is 0 Å². The molecule has 1 saturated heterocycles. The molecule has 6 nitrogen and oxygen atoms in total. The first-order valence-electron chi connectivity index (χ1n) is 6.43. The Kier molecular flexibility index (Phi) is 3.39. The van der Waals surface area contributed by atoms with E-state index in [1.54, 1.807) is 4.90 Å². The number of nitrogens with zero attached hydrogens (tertiary/aromatic N) is 4. The summed E-state index contributed by atoms with van der Waals surface area (Å²) < 4.78 is 5.37. The highest BCUT2D eigenvalue weighted by Gasteiger charge is 2.44. The molecule has 2 rings (SSSR count). The van der Waals surface area contributed by atoms with E-state index in [0.29, 0.717) is 18.4 Å². The van der Waals surface area contributed by atoms with E-state index in [1.807, 2.05) is 20.8 Å². The molecule has 0 aromatic rings. The Morgan fingerprint density at radius 3 is 2.72 bits per heavy atom. The second kappa shape index (κ2) is 4.69. The van der Waals surface area contributed by atoms with Gasteiger partial charge >= 0.3 is 6.09 Å². The van der Waals surface area contributed by atoms with Gasteiger partial charge in [-0.1, -0.05) is 5.11 Å². The maximum atomic E-state index is 12.0. The monoisotopic (exact) mass is 252 g/mol. The minimum Gasteiger partial charge on any atom is -0.444 e. The molecule has 0 unspecified atom stereocenters. The number of amides is 1. The number of hydrogen-bond acceptors (Lipinski definition) is 3. The lowest BCUT2D eigenvalue weighted by atomic mass is 9.98. The fourth-order valence-corrected chi connectivity index (χ4v) is 2.92. The van der Waals surface area contributed by atoms with Crippen molar-refractivity contribution in [3.63, 3.8) is 0 Å². The molecule has 3 atom stereocenters. The van der Waals surface area contributed by atoms with Crippen molar-refractivity contribution in [3.05, 3.63) is 10.4 Å². The predicted molar refractivity (Wildman–Crippen MR) is 67.0 cm³/mol. The highest BCUT2D eigenvalue weighted by Crippen LogP contribution is 2.40.